The van der Waals surface area contributed by atoms with E-state index in [1.807, 2.05) is 36.4 Å². The normalized spacial score (nSPS) is 13.8. The van der Waals surface area contributed by atoms with Gasteiger partial charge in [0.15, 0.2) is 0 Å². The van der Waals surface area contributed by atoms with Gasteiger partial charge in [-0.1, -0.05) is 60.1 Å². The second-order valence-electron chi connectivity index (χ2n) is 7.60. The number of anilines is 2. The fourth-order valence-electron chi connectivity index (χ4n) is 3.69. The lowest BCUT2D eigenvalue weighted by Gasteiger charge is -2.20. The Morgan fingerprint density at radius 3 is 2.48 bits per heavy atom. The highest BCUT2D eigenvalue weighted by atomic mass is 35.5. The van der Waals surface area contributed by atoms with Crippen LogP contribution in [-0.2, 0) is 4.79 Å². The van der Waals surface area contributed by atoms with Crippen LogP contribution in [0.2, 0.25) is 5.02 Å². The molecule has 0 aromatic heterocycles. The lowest BCUT2D eigenvalue weighted by atomic mass is 10.0. The first kappa shape index (κ1) is 22.4. The van der Waals surface area contributed by atoms with E-state index in [1.165, 1.54) is 0 Å². The molecule has 8 heteroatoms. The first-order chi connectivity index (χ1) is 16.0. The summed E-state index contributed by atoms with van der Waals surface area (Å²) in [4.78, 5) is 39.3. The van der Waals surface area contributed by atoms with Gasteiger partial charge < -0.3 is 16.0 Å². The third kappa shape index (κ3) is 5.51. The molecule has 0 spiro atoms. The van der Waals surface area contributed by atoms with Crippen LogP contribution in [0.1, 0.15) is 28.4 Å². The van der Waals surface area contributed by atoms with Crippen molar-refractivity contribution in [2.24, 2.45) is 0 Å². The number of rotatable bonds is 7. The van der Waals surface area contributed by atoms with Gasteiger partial charge in [0.2, 0.25) is 5.91 Å². The second kappa shape index (κ2) is 10.2. The van der Waals surface area contributed by atoms with Gasteiger partial charge in [0, 0.05) is 24.5 Å². The molecule has 4 amide bonds. The van der Waals surface area contributed by atoms with Crippen molar-refractivity contribution in [2.45, 2.75) is 12.5 Å². The van der Waals surface area contributed by atoms with Crippen LogP contribution in [-0.4, -0.2) is 30.9 Å². The molecule has 3 N–H and O–H groups in total. The Labute approximate surface area is 196 Å². The average Bonchev–Trinajstić information content (AvgIpc) is 3.25. The highest BCUT2D eigenvalue weighted by Crippen LogP contribution is 2.23. The molecule has 168 valence electrons. The Morgan fingerprint density at radius 1 is 1.00 bits per heavy atom. The summed E-state index contributed by atoms with van der Waals surface area (Å²) in [5, 5.41) is 8.89. The molecule has 1 unspecified atom stereocenters. The Kier molecular flexibility index (Phi) is 6.90. The summed E-state index contributed by atoms with van der Waals surface area (Å²) in [6, 6.07) is 22.5. The highest BCUT2D eigenvalue weighted by molar-refractivity contribution is 6.33. The third-order valence-corrected chi connectivity index (χ3v) is 5.64. The van der Waals surface area contributed by atoms with E-state index in [1.54, 1.807) is 47.4 Å². The summed E-state index contributed by atoms with van der Waals surface area (Å²) >= 11 is 6.17. The molecule has 0 bridgehead atoms. The molecule has 1 aliphatic heterocycles. The molecule has 1 aliphatic rings. The van der Waals surface area contributed by atoms with E-state index in [0.717, 1.165) is 5.56 Å². The summed E-state index contributed by atoms with van der Waals surface area (Å²) in [7, 11) is 0. The first-order valence-electron chi connectivity index (χ1n) is 10.6. The van der Waals surface area contributed by atoms with E-state index in [2.05, 4.69) is 16.0 Å². The Bertz CT molecular complexity index is 1170. The molecule has 0 saturated carbocycles. The van der Waals surface area contributed by atoms with E-state index in [4.69, 9.17) is 11.6 Å². The number of urea groups is 1. The van der Waals surface area contributed by atoms with Gasteiger partial charge in [0.25, 0.3) is 5.91 Å². The minimum absolute atomic E-state index is 0.0225. The van der Waals surface area contributed by atoms with E-state index in [-0.39, 0.29) is 24.3 Å². The van der Waals surface area contributed by atoms with Crippen molar-refractivity contribution in [2.75, 3.05) is 23.3 Å². The fraction of sp³-hybridized carbons (Fsp3) is 0.160. The maximum absolute atomic E-state index is 12.9. The van der Waals surface area contributed by atoms with Gasteiger partial charge in [0.1, 0.15) is 0 Å². The lowest BCUT2D eigenvalue weighted by molar-refractivity contribution is -0.116. The molecular weight excluding hydrogens is 440 g/mol. The first-order valence-corrected chi connectivity index (χ1v) is 10.9. The molecule has 3 aromatic rings. The number of carbonyl (C=O) groups excluding carboxylic acids is 3. The molecule has 33 heavy (non-hydrogen) atoms. The Balaban J connectivity index is 1.48. The highest BCUT2D eigenvalue weighted by Gasteiger charge is 2.23. The van der Waals surface area contributed by atoms with Gasteiger partial charge in [-0.15, -0.1) is 0 Å². The number of benzene rings is 3. The van der Waals surface area contributed by atoms with Crippen LogP contribution in [0.15, 0.2) is 78.9 Å². The molecule has 3 aromatic carbocycles. The summed E-state index contributed by atoms with van der Waals surface area (Å²) in [5.41, 5.74) is 2.42. The maximum Gasteiger partial charge on any atom is 0.321 e. The minimum Gasteiger partial charge on any atom is -0.345 e. The summed E-state index contributed by atoms with van der Waals surface area (Å²) in [6.07, 6.45) is 0.0225. The van der Waals surface area contributed by atoms with E-state index >= 15 is 0 Å². The van der Waals surface area contributed by atoms with Crippen molar-refractivity contribution < 1.29 is 14.4 Å². The number of amides is 4. The van der Waals surface area contributed by atoms with Gasteiger partial charge >= 0.3 is 6.03 Å². The number of carbonyl (C=O) groups is 3. The van der Waals surface area contributed by atoms with Crippen LogP contribution >= 0.6 is 11.6 Å². The molecule has 1 saturated heterocycles. The average molecular weight is 463 g/mol. The summed E-state index contributed by atoms with van der Waals surface area (Å²) < 4.78 is 0. The summed E-state index contributed by atoms with van der Waals surface area (Å²) in [6.45, 7) is 1.15. The fourth-order valence-corrected chi connectivity index (χ4v) is 3.91. The van der Waals surface area contributed by atoms with E-state index in [0.29, 0.717) is 35.1 Å². The zero-order chi connectivity index (χ0) is 23.2. The van der Waals surface area contributed by atoms with Gasteiger partial charge in [-0.05, 0) is 35.9 Å². The smallest absolute Gasteiger partial charge is 0.321 e. The molecular formula is C25H23ClN4O3. The van der Waals surface area contributed by atoms with Crippen LogP contribution in [0.3, 0.4) is 0 Å². The van der Waals surface area contributed by atoms with Crippen LogP contribution in [0, 0.1) is 0 Å². The third-order valence-electron chi connectivity index (χ3n) is 5.31. The predicted octanol–water partition coefficient (Wildman–Crippen LogP) is 4.37. The number of hydrogen-bond acceptors (Lipinski definition) is 3. The van der Waals surface area contributed by atoms with Crippen LogP contribution in [0.5, 0.6) is 0 Å². The van der Waals surface area contributed by atoms with Gasteiger partial charge in [-0.2, -0.15) is 0 Å². The molecule has 4 rings (SSSR count). The van der Waals surface area contributed by atoms with Gasteiger partial charge in [-0.3, -0.25) is 14.5 Å². The molecule has 7 nitrogen and oxygen atoms in total. The van der Waals surface area contributed by atoms with Crippen molar-refractivity contribution in [3.05, 3.63) is 95.0 Å². The number of halogens is 1. The SMILES string of the molecule is O=C(CC(NC(=O)c1ccccc1Cl)c1ccccc1)Nc1cccc(N2CCNC2=O)c1. The van der Waals surface area contributed by atoms with Crippen LogP contribution in [0.4, 0.5) is 16.2 Å². The molecule has 1 fully saturated rings. The summed E-state index contributed by atoms with van der Waals surface area (Å²) in [5.74, 6) is -0.629. The second-order valence-corrected chi connectivity index (χ2v) is 8.01. The number of hydrogen-bond donors (Lipinski definition) is 3. The van der Waals surface area contributed by atoms with Crippen LogP contribution < -0.4 is 20.9 Å². The van der Waals surface area contributed by atoms with Gasteiger partial charge in [0.05, 0.1) is 23.0 Å². The monoisotopic (exact) mass is 462 g/mol. The number of nitrogens with one attached hydrogen (secondary N) is 3. The van der Waals surface area contributed by atoms with E-state index in [9.17, 15) is 14.4 Å². The maximum atomic E-state index is 12.9. The van der Waals surface area contributed by atoms with E-state index < -0.39 is 6.04 Å². The van der Waals surface area contributed by atoms with Crippen molar-refractivity contribution in [1.82, 2.24) is 10.6 Å². The molecule has 1 heterocycles. The minimum atomic E-state index is -0.553. The largest absolute Gasteiger partial charge is 0.345 e. The van der Waals surface area contributed by atoms with Gasteiger partial charge in [-0.25, -0.2) is 4.79 Å². The topological polar surface area (TPSA) is 90.5 Å². The lowest BCUT2D eigenvalue weighted by Crippen LogP contribution is -2.31. The quantitative estimate of drug-likeness (QED) is 0.487. The zero-order valence-corrected chi connectivity index (χ0v) is 18.5. The zero-order valence-electron chi connectivity index (χ0n) is 17.8. The molecule has 0 aliphatic carbocycles. The molecule has 1 atom stereocenters. The standard InChI is InChI=1S/C25H23ClN4O3/c26-21-12-5-4-11-20(21)24(32)29-22(17-7-2-1-3-8-17)16-23(31)28-18-9-6-10-19(15-18)30-14-13-27-25(30)33/h1-12,15,22H,13-14,16H2,(H,27,33)(H,28,31)(H,29,32). The number of nitrogens with zero attached hydrogens (tertiary/aromatic N) is 1. The predicted molar refractivity (Wildman–Crippen MR) is 129 cm³/mol. The Hall–Kier alpha value is -3.84. The van der Waals surface area contributed by atoms with Crippen molar-refractivity contribution >= 4 is 40.8 Å². The van der Waals surface area contributed by atoms with Crippen molar-refractivity contribution in [1.29, 1.82) is 0 Å². The van der Waals surface area contributed by atoms with Crippen LogP contribution in [0.25, 0.3) is 0 Å². The van der Waals surface area contributed by atoms with Crippen molar-refractivity contribution in [3.63, 3.8) is 0 Å². The van der Waals surface area contributed by atoms with Crippen molar-refractivity contribution in [3.8, 4) is 0 Å². The molecule has 0 radical (unpaired) electrons. The Morgan fingerprint density at radius 2 is 1.76 bits per heavy atom.